The molecule has 0 bridgehead atoms. The van der Waals surface area contributed by atoms with Gasteiger partial charge in [0.15, 0.2) is 0 Å². The van der Waals surface area contributed by atoms with Crippen molar-refractivity contribution in [3.8, 4) is 0 Å². The third-order valence-corrected chi connectivity index (χ3v) is 6.12. The maximum Gasteiger partial charge on any atom is 0.348 e. The molecule has 9 heteroatoms. The number of aryl methyl sites for hydroxylation is 2. The van der Waals surface area contributed by atoms with Gasteiger partial charge in [0.2, 0.25) is 0 Å². The number of fused-ring (bicyclic) bond motifs is 2. The van der Waals surface area contributed by atoms with E-state index >= 15 is 0 Å². The Kier molecular flexibility index (Phi) is 5.85. The molecule has 3 aromatic heterocycles. The zero-order valence-electron chi connectivity index (χ0n) is 17.1. The fourth-order valence-corrected chi connectivity index (χ4v) is 4.54. The summed E-state index contributed by atoms with van der Waals surface area (Å²) in [6.07, 6.45) is 2.64. The number of aromatic nitrogens is 3. The van der Waals surface area contributed by atoms with Crippen molar-refractivity contribution in [1.29, 1.82) is 0 Å². The first-order valence-electron chi connectivity index (χ1n) is 9.88. The van der Waals surface area contributed by atoms with Crippen LogP contribution in [0.5, 0.6) is 0 Å². The number of nitrogens with one attached hydrogen (secondary N) is 2. The largest absolute Gasteiger partial charge is 0.462 e. The lowest BCUT2D eigenvalue weighted by atomic mass is 10.1. The number of para-hydroxylation sites is 1. The Hall–Kier alpha value is -3.46. The number of esters is 2. The summed E-state index contributed by atoms with van der Waals surface area (Å²) in [6.45, 7) is 3.50. The van der Waals surface area contributed by atoms with Crippen molar-refractivity contribution in [2.24, 2.45) is 0 Å². The van der Waals surface area contributed by atoms with Crippen LogP contribution in [0.15, 0.2) is 35.3 Å². The van der Waals surface area contributed by atoms with Gasteiger partial charge in [-0.05, 0) is 37.5 Å². The number of hydrogen-bond donors (Lipinski definition) is 2. The van der Waals surface area contributed by atoms with Crippen molar-refractivity contribution in [2.75, 3.05) is 6.61 Å². The molecule has 4 rings (SSSR count). The minimum atomic E-state index is -0.479. The Morgan fingerprint density at radius 3 is 2.81 bits per heavy atom. The fraction of sp³-hybridized carbons (Fsp3) is 0.273. The molecule has 0 unspecified atom stereocenters. The van der Waals surface area contributed by atoms with Gasteiger partial charge in [0.1, 0.15) is 22.1 Å². The predicted octanol–water partition coefficient (Wildman–Crippen LogP) is 3.63. The number of H-pyrrole nitrogens is 2. The Labute approximate surface area is 181 Å². The fourth-order valence-electron chi connectivity index (χ4n) is 3.44. The van der Waals surface area contributed by atoms with Gasteiger partial charge in [-0.15, -0.1) is 11.3 Å². The second-order valence-corrected chi connectivity index (χ2v) is 7.99. The van der Waals surface area contributed by atoms with Crippen molar-refractivity contribution in [3.05, 3.63) is 62.6 Å². The molecule has 0 radical (unpaired) electrons. The molecule has 1 aromatic carbocycles. The van der Waals surface area contributed by atoms with Crippen LogP contribution in [0.1, 0.15) is 40.0 Å². The number of hydrogen-bond acceptors (Lipinski definition) is 7. The molecule has 0 saturated carbocycles. The molecule has 0 aliphatic carbocycles. The monoisotopic (exact) mass is 439 g/mol. The van der Waals surface area contributed by atoms with Gasteiger partial charge in [-0.1, -0.05) is 18.2 Å². The number of ether oxygens (including phenoxy) is 2. The quantitative estimate of drug-likeness (QED) is 0.425. The summed E-state index contributed by atoms with van der Waals surface area (Å²) in [6, 6.07) is 7.89. The first-order valence-corrected chi connectivity index (χ1v) is 10.7. The highest BCUT2D eigenvalue weighted by atomic mass is 32.1. The van der Waals surface area contributed by atoms with Crippen LogP contribution in [-0.2, 0) is 27.3 Å². The maximum atomic E-state index is 12.5. The van der Waals surface area contributed by atoms with Gasteiger partial charge in [0.05, 0.1) is 12.0 Å². The Balaban J connectivity index is 1.43. The molecule has 0 atom stereocenters. The maximum absolute atomic E-state index is 12.5. The molecule has 2 N–H and O–H groups in total. The molecule has 0 amide bonds. The molecule has 31 heavy (non-hydrogen) atoms. The smallest absolute Gasteiger partial charge is 0.348 e. The standard InChI is InChI=1S/C22H21N3O5S/c1-3-29-22(28)19-12(2)18-20(27)24-16(25-21(18)31-19)11-30-17(26)9-8-13-10-23-15-7-5-4-6-14(13)15/h4-7,10,23H,3,8-9,11H2,1-2H3,(H,24,25,27). The van der Waals surface area contributed by atoms with Crippen molar-refractivity contribution in [3.63, 3.8) is 0 Å². The van der Waals surface area contributed by atoms with Crippen LogP contribution >= 0.6 is 11.3 Å². The molecular formula is C22H21N3O5S. The number of rotatable bonds is 7. The van der Waals surface area contributed by atoms with Crippen LogP contribution in [0.4, 0.5) is 0 Å². The number of carbonyl (C=O) groups is 2. The Bertz CT molecular complexity index is 1330. The minimum Gasteiger partial charge on any atom is -0.462 e. The summed E-state index contributed by atoms with van der Waals surface area (Å²) >= 11 is 1.09. The Morgan fingerprint density at radius 2 is 2.00 bits per heavy atom. The number of benzene rings is 1. The third-order valence-electron chi connectivity index (χ3n) is 4.95. The molecule has 0 aliphatic heterocycles. The van der Waals surface area contributed by atoms with Gasteiger partial charge in [-0.3, -0.25) is 9.59 Å². The molecule has 3 heterocycles. The van der Waals surface area contributed by atoms with Crippen molar-refractivity contribution in [2.45, 2.75) is 33.3 Å². The highest BCUT2D eigenvalue weighted by molar-refractivity contribution is 7.20. The summed E-state index contributed by atoms with van der Waals surface area (Å²) in [5, 5.41) is 1.43. The number of aromatic amines is 2. The average molecular weight is 439 g/mol. The first kappa shape index (κ1) is 20.8. The predicted molar refractivity (Wildman–Crippen MR) is 117 cm³/mol. The molecular weight excluding hydrogens is 418 g/mol. The number of nitrogens with zero attached hydrogens (tertiary/aromatic N) is 1. The van der Waals surface area contributed by atoms with E-state index in [1.165, 1.54) is 0 Å². The van der Waals surface area contributed by atoms with E-state index in [1.807, 2.05) is 30.5 Å². The topological polar surface area (TPSA) is 114 Å². The first-order chi connectivity index (χ1) is 15.0. The van der Waals surface area contributed by atoms with Gasteiger partial charge in [-0.25, -0.2) is 9.78 Å². The van der Waals surface area contributed by atoms with Crippen LogP contribution in [0.3, 0.4) is 0 Å². The van der Waals surface area contributed by atoms with E-state index in [-0.39, 0.29) is 37.0 Å². The summed E-state index contributed by atoms with van der Waals surface area (Å²) in [5.74, 6) is -0.634. The van der Waals surface area contributed by atoms with Crippen LogP contribution < -0.4 is 5.56 Å². The lowest BCUT2D eigenvalue weighted by Crippen LogP contribution is -2.14. The van der Waals surface area contributed by atoms with E-state index in [0.717, 1.165) is 27.8 Å². The minimum absolute atomic E-state index is 0.149. The third kappa shape index (κ3) is 4.22. The highest BCUT2D eigenvalue weighted by Crippen LogP contribution is 2.27. The van der Waals surface area contributed by atoms with Gasteiger partial charge in [0, 0.05) is 23.5 Å². The normalized spacial score (nSPS) is 11.2. The van der Waals surface area contributed by atoms with E-state index in [1.54, 1.807) is 13.8 Å². The summed E-state index contributed by atoms with van der Waals surface area (Å²) < 4.78 is 10.3. The van der Waals surface area contributed by atoms with Gasteiger partial charge in [-0.2, -0.15) is 0 Å². The van der Waals surface area contributed by atoms with Crippen LogP contribution in [0.2, 0.25) is 0 Å². The van der Waals surface area contributed by atoms with Gasteiger partial charge in [0.25, 0.3) is 5.56 Å². The van der Waals surface area contributed by atoms with Crippen molar-refractivity contribution in [1.82, 2.24) is 15.0 Å². The highest BCUT2D eigenvalue weighted by Gasteiger charge is 2.20. The number of thiophene rings is 1. The molecule has 0 spiro atoms. The SMILES string of the molecule is CCOC(=O)c1sc2nc(COC(=O)CCc3c[nH]c4ccccc34)[nH]c(=O)c2c1C. The zero-order chi connectivity index (χ0) is 22.0. The van der Waals surface area contributed by atoms with Crippen molar-refractivity contribution >= 4 is 44.4 Å². The van der Waals surface area contributed by atoms with Gasteiger partial charge >= 0.3 is 11.9 Å². The molecule has 0 aliphatic rings. The summed E-state index contributed by atoms with van der Waals surface area (Å²) in [5.41, 5.74) is 2.23. The van der Waals surface area contributed by atoms with E-state index < -0.39 is 5.97 Å². The van der Waals surface area contributed by atoms with Crippen LogP contribution in [0.25, 0.3) is 21.1 Å². The Morgan fingerprint density at radius 1 is 1.19 bits per heavy atom. The molecule has 0 fully saturated rings. The molecule has 8 nitrogen and oxygen atoms in total. The molecule has 160 valence electrons. The second kappa shape index (κ2) is 8.73. The van der Waals surface area contributed by atoms with E-state index in [4.69, 9.17) is 9.47 Å². The van der Waals surface area contributed by atoms with Crippen molar-refractivity contribution < 1.29 is 19.1 Å². The molecule has 4 aromatic rings. The lowest BCUT2D eigenvalue weighted by molar-refractivity contribution is -0.145. The van der Waals surface area contributed by atoms with E-state index in [0.29, 0.717) is 27.1 Å². The van der Waals surface area contributed by atoms with E-state index in [9.17, 15) is 14.4 Å². The second-order valence-electron chi connectivity index (χ2n) is 6.99. The zero-order valence-corrected chi connectivity index (χ0v) is 17.9. The van der Waals surface area contributed by atoms with Crippen LogP contribution in [-0.4, -0.2) is 33.5 Å². The molecule has 0 saturated heterocycles. The summed E-state index contributed by atoms with van der Waals surface area (Å²) in [7, 11) is 0. The number of carbonyl (C=O) groups excluding carboxylic acids is 2. The van der Waals surface area contributed by atoms with Gasteiger partial charge < -0.3 is 19.4 Å². The lowest BCUT2D eigenvalue weighted by Gasteiger charge is -2.04. The summed E-state index contributed by atoms with van der Waals surface area (Å²) in [4.78, 5) is 47.7. The average Bonchev–Trinajstić information content (AvgIpc) is 3.32. The van der Waals surface area contributed by atoms with Crippen LogP contribution in [0, 0.1) is 6.92 Å². The van der Waals surface area contributed by atoms with E-state index in [2.05, 4.69) is 15.0 Å².